The van der Waals surface area contributed by atoms with Gasteiger partial charge in [0.1, 0.15) is 0 Å². The van der Waals surface area contributed by atoms with Gasteiger partial charge < -0.3 is 10.1 Å². The van der Waals surface area contributed by atoms with Gasteiger partial charge in [-0.3, -0.25) is 14.9 Å². The molecule has 1 heterocycles. The van der Waals surface area contributed by atoms with Crippen molar-refractivity contribution in [3.05, 3.63) is 0 Å². The molecule has 0 radical (unpaired) electrons. The lowest BCUT2D eigenvalue weighted by atomic mass is 10.3. The molecule has 1 fully saturated rings. The normalized spacial score (nSPS) is 19.4. The lowest BCUT2D eigenvalue weighted by Gasteiger charge is -2.09. The van der Waals surface area contributed by atoms with Crippen LogP contribution in [-0.2, 0) is 14.3 Å². The zero-order valence-electron chi connectivity index (χ0n) is 9.15. The second kappa shape index (κ2) is 7.81. The molecular formula is C9H16N2O3S2. The van der Waals surface area contributed by atoms with Crippen molar-refractivity contribution in [3.63, 3.8) is 0 Å². The Hall–Kier alpha value is -0.400. The maximum atomic E-state index is 11.5. The summed E-state index contributed by atoms with van der Waals surface area (Å²) in [6.07, 6.45) is 0. The van der Waals surface area contributed by atoms with Gasteiger partial charge in [0.2, 0.25) is 5.91 Å². The quantitative estimate of drug-likeness (QED) is 0.506. The Balaban J connectivity index is 1.98. The first kappa shape index (κ1) is 13.7. The van der Waals surface area contributed by atoms with Crippen molar-refractivity contribution in [1.29, 1.82) is 0 Å². The van der Waals surface area contributed by atoms with E-state index in [-0.39, 0.29) is 17.9 Å². The number of amides is 1. The number of rotatable bonds is 6. The van der Waals surface area contributed by atoms with E-state index in [1.54, 1.807) is 11.8 Å². The zero-order valence-corrected chi connectivity index (χ0v) is 10.8. The highest BCUT2D eigenvalue weighted by atomic mass is 32.2. The minimum Gasteiger partial charge on any atom is -0.468 e. The number of carbonyl (C=O) groups excluding carboxylic acids is 2. The molecule has 5 nitrogen and oxygen atoms in total. The van der Waals surface area contributed by atoms with Crippen molar-refractivity contribution in [3.8, 4) is 0 Å². The van der Waals surface area contributed by atoms with Gasteiger partial charge >= 0.3 is 5.97 Å². The summed E-state index contributed by atoms with van der Waals surface area (Å²) in [6.45, 7) is 0.587. The van der Waals surface area contributed by atoms with Gasteiger partial charge in [-0.1, -0.05) is 0 Å². The van der Waals surface area contributed by atoms with E-state index in [9.17, 15) is 9.59 Å². The smallest absolute Gasteiger partial charge is 0.315 e. The fraction of sp³-hybridized carbons (Fsp3) is 0.778. The van der Waals surface area contributed by atoms with Crippen LogP contribution in [0.3, 0.4) is 0 Å². The van der Waals surface area contributed by atoms with E-state index in [0.29, 0.717) is 12.3 Å². The summed E-state index contributed by atoms with van der Waals surface area (Å²) in [5.74, 6) is 2.55. The molecule has 92 valence electrons. The summed E-state index contributed by atoms with van der Waals surface area (Å²) in [5, 5.41) is 5.92. The molecule has 0 spiro atoms. The first-order valence-electron chi connectivity index (χ1n) is 4.97. The van der Waals surface area contributed by atoms with E-state index in [0.717, 1.165) is 17.4 Å². The third kappa shape index (κ3) is 5.09. The first-order chi connectivity index (χ1) is 7.74. The number of methoxy groups -OCH3 is 1. The molecule has 1 atom stereocenters. The Morgan fingerprint density at radius 1 is 1.62 bits per heavy atom. The van der Waals surface area contributed by atoms with Crippen LogP contribution >= 0.6 is 23.5 Å². The van der Waals surface area contributed by atoms with Crippen molar-refractivity contribution < 1.29 is 14.3 Å². The topological polar surface area (TPSA) is 67.4 Å². The van der Waals surface area contributed by atoms with Crippen LogP contribution in [0.25, 0.3) is 0 Å². The highest BCUT2D eigenvalue weighted by molar-refractivity contribution is 8.00. The maximum Gasteiger partial charge on any atom is 0.315 e. The molecule has 16 heavy (non-hydrogen) atoms. The molecule has 0 saturated carbocycles. The molecule has 0 aromatic rings. The summed E-state index contributed by atoms with van der Waals surface area (Å²) in [7, 11) is 1.37. The number of esters is 1. The number of ether oxygens (including phenoxy) is 1. The summed E-state index contributed by atoms with van der Waals surface area (Å²) >= 11 is 3.18. The average Bonchev–Trinajstić information content (AvgIpc) is 2.81. The van der Waals surface area contributed by atoms with Crippen molar-refractivity contribution >= 4 is 35.4 Å². The molecule has 1 rings (SSSR count). The summed E-state index contributed by atoms with van der Waals surface area (Å²) in [5.41, 5.74) is 0. The van der Waals surface area contributed by atoms with Gasteiger partial charge in [-0.05, 0) is 0 Å². The van der Waals surface area contributed by atoms with Gasteiger partial charge in [-0.25, -0.2) is 0 Å². The van der Waals surface area contributed by atoms with E-state index in [1.165, 1.54) is 18.9 Å². The summed E-state index contributed by atoms with van der Waals surface area (Å²) in [4.78, 5) is 22.3. The average molecular weight is 264 g/mol. The van der Waals surface area contributed by atoms with E-state index >= 15 is 0 Å². The minimum atomic E-state index is -0.231. The molecule has 0 aliphatic carbocycles. The monoisotopic (exact) mass is 264 g/mol. The van der Waals surface area contributed by atoms with Crippen molar-refractivity contribution in [2.75, 3.05) is 36.8 Å². The van der Waals surface area contributed by atoms with Crippen LogP contribution in [0.15, 0.2) is 0 Å². The van der Waals surface area contributed by atoms with Crippen LogP contribution < -0.4 is 10.6 Å². The molecular weight excluding hydrogens is 248 g/mol. The van der Waals surface area contributed by atoms with Gasteiger partial charge in [0.05, 0.1) is 18.9 Å². The van der Waals surface area contributed by atoms with Gasteiger partial charge in [0.15, 0.2) is 0 Å². The Bertz CT molecular complexity index is 245. The second-order valence-corrected chi connectivity index (χ2v) is 5.33. The Labute approximate surface area is 103 Å². The van der Waals surface area contributed by atoms with E-state index in [1.807, 2.05) is 0 Å². The van der Waals surface area contributed by atoms with Crippen LogP contribution in [0.1, 0.15) is 0 Å². The highest BCUT2D eigenvalue weighted by Gasteiger charge is 2.21. The highest BCUT2D eigenvalue weighted by Crippen LogP contribution is 2.09. The standard InChI is InChI=1S/C9H16N2O3S2/c1-14-8(12)5-15-3-2-10-9(13)7-4-16-6-11-7/h7,11H,2-6H2,1H3,(H,10,13). The zero-order chi connectivity index (χ0) is 11.8. The molecule has 1 aliphatic heterocycles. The van der Waals surface area contributed by atoms with Gasteiger partial charge in [-0.15, -0.1) is 23.5 Å². The SMILES string of the molecule is COC(=O)CSCCNC(=O)C1CSCN1. The van der Waals surface area contributed by atoms with E-state index in [2.05, 4.69) is 15.4 Å². The molecule has 1 amide bonds. The van der Waals surface area contributed by atoms with Crippen LogP contribution in [0.4, 0.5) is 0 Å². The first-order valence-corrected chi connectivity index (χ1v) is 7.28. The fourth-order valence-electron chi connectivity index (χ4n) is 1.15. The number of hydrogen-bond donors (Lipinski definition) is 2. The molecule has 1 aliphatic rings. The summed E-state index contributed by atoms with van der Waals surface area (Å²) < 4.78 is 4.50. The molecule has 1 unspecified atom stereocenters. The number of hydrogen-bond acceptors (Lipinski definition) is 6. The third-order valence-corrected chi connectivity index (χ3v) is 3.90. The Morgan fingerprint density at radius 2 is 2.44 bits per heavy atom. The Kier molecular flexibility index (Phi) is 6.67. The second-order valence-electron chi connectivity index (χ2n) is 3.19. The fourth-order valence-corrected chi connectivity index (χ4v) is 2.76. The van der Waals surface area contributed by atoms with Gasteiger partial charge in [0.25, 0.3) is 0 Å². The molecule has 1 saturated heterocycles. The van der Waals surface area contributed by atoms with Gasteiger partial charge in [0, 0.05) is 23.9 Å². The molecule has 0 aromatic carbocycles. The maximum absolute atomic E-state index is 11.5. The van der Waals surface area contributed by atoms with Crippen LogP contribution in [0, 0.1) is 0 Å². The van der Waals surface area contributed by atoms with Gasteiger partial charge in [-0.2, -0.15) is 0 Å². The van der Waals surface area contributed by atoms with Crippen LogP contribution in [0.5, 0.6) is 0 Å². The number of nitrogens with one attached hydrogen (secondary N) is 2. The molecule has 2 N–H and O–H groups in total. The molecule has 7 heteroatoms. The predicted molar refractivity (Wildman–Crippen MR) is 66.6 cm³/mol. The van der Waals surface area contributed by atoms with Crippen molar-refractivity contribution in [2.45, 2.75) is 6.04 Å². The van der Waals surface area contributed by atoms with Crippen LogP contribution in [-0.4, -0.2) is 54.7 Å². The Morgan fingerprint density at radius 3 is 3.06 bits per heavy atom. The largest absolute Gasteiger partial charge is 0.468 e. The van der Waals surface area contributed by atoms with E-state index in [4.69, 9.17) is 0 Å². The molecule has 0 bridgehead atoms. The van der Waals surface area contributed by atoms with E-state index < -0.39 is 0 Å². The van der Waals surface area contributed by atoms with Crippen molar-refractivity contribution in [2.24, 2.45) is 0 Å². The lowest BCUT2D eigenvalue weighted by molar-refractivity contribution is -0.137. The number of thioether (sulfide) groups is 2. The minimum absolute atomic E-state index is 0.0451. The van der Waals surface area contributed by atoms with Crippen molar-refractivity contribution in [1.82, 2.24) is 10.6 Å². The molecule has 0 aromatic heterocycles. The lowest BCUT2D eigenvalue weighted by Crippen LogP contribution is -2.42. The van der Waals surface area contributed by atoms with Crippen LogP contribution in [0.2, 0.25) is 0 Å². The predicted octanol–water partition coefficient (Wildman–Crippen LogP) is -0.329. The number of carbonyl (C=O) groups is 2. The third-order valence-electron chi connectivity index (χ3n) is 2.03. The summed E-state index contributed by atoms with van der Waals surface area (Å²) in [6, 6.07) is -0.0596.